The minimum atomic E-state index is -0.513. The van der Waals surface area contributed by atoms with Crippen LogP contribution in [0.3, 0.4) is 0 Å². The summed E-state index contributed by atoms with van der Waals surface area (Å²) >= 11 is 6.23. The molecule has 0 aliphatic carbocycles. The molecule has 31 heavy (non-hydrogen) atoms. The maximum absolute atomic E-state index is 12.2. The topological polar surface area (TPSA) is 74.2 Å². The number of aryl methyl sites for hydroxylation is 1. The number of phenols is 1. The van der Waals surface area contributed by atoms with Crippen LogP contribution >= 0.6 is 11.6 Å². The number of aromatic hydroxyl groups is 1. The number of halogens is 1. The monoisotopic (exact) mass is 441 g/mol. The number of benzene rings is 2. The van der Waals surface area contributed by atoms with Gasteiger partial charge in [0.05, 0.1) is 6.61 Å². The molecule has 1 amide bonds. The first kappa shape index (κ1) is 21.7. The second kappa shape index (κ2) is 8.89. The predicted molar refractivity (Wildman–Crippen MR) is 122 cm³/mol. The van der Waals surface area contributed by atoms with E-state index < -0.39 is 5.66 Å². The Hall–Kier alpha value is -2.57. The number of nitrogens with one attached hydrogen (secondary N) is 1. The van der Waals surface area contributed by atoms with E-state index in [1.165, 1.54) is 11.1 Å². The molecule has 1 atom stereocenters. The van der Waals surface area contributed by atoms with Gasteiger partial charge in [0.25, 0.3) is 0 Å². The minimum Gasteiger partial charge on any atom is -0.507 e. The highest BCUT2D eigenvalue weighted by Crippen LogP contribution is 2.37. The number of carbonyl (C=O) groups excluding carboxylic acids is 1. The number of ether oxygens (including phenoxy) is 1. The number of amides is 1. The molecule has 0 radical (unpaired) electrons. The van der Waals surface area contributed by atoms with Gasteiger partial charge >= 0.3 is 6.09 Å². The second-order valence-electron chi connectivity index (χ2n) is 8.25. The van der Waals surface area contributed by atoms with Gasteiger partial charge in [0.2, 0.25) is 0 Å². The number of hydrogen-bond acceptors (Lipinski definition) is 5. The lowest BCUT2D eigenvalue weighted by molar-refractivity contribution is 0.0779. The SMILES string of the molecule is CCOC(=O)N1CCC2(CC1)N=C(c1cc(Cl)ccc1O)C[C@@H](c1ccc(C)cc1)N2. The molecule has 1 fully saturated rings. The molecule has 1 saturated heterocycles. The lowest BCUT2D eigenvalue weighted by Crippen LogP contribution is -2.56. The van der Waals surface area contributed by atoms with Crippen molar-refractivity contribution in [2.45, 2.75) is 44.8 Å². The van der Waals surface area contributed by atoms with Gasteiger partial charge in [-0.15, -0.1) is 0 Å². The highest BCUT2D eigenvalue weighted by atomic mass is 35.5. The van der Waals surface area contributed by atoms with Crippen LogP contribution in [-0.4, -0.2) is 47.2 Å². The fourth-order valence-corrected chi connectivity index (χ4v) is 4.52. The summed E-state index contributed by atoms with van der Waals surface area (Å²) in [6.45, 7) is 5.37. The number of aliphatic imine (C=N–C) groups is 1. The number of likely N-dealkylation sites (tertiary alicyclic amines) is 1. The van der Waals surface area contributed by atoms with E-state index in [1.807, 2.05) is 6.92 Å². The van der Waals surface area contributed by atoms with Gasteiger partial charge in [0, 0.05) is 54.7 Å². The Labute approximate surface area is 187 Å². The molecular weight excluding hydrogens is 414 g/mol. The Morgan fingerprint density at radius 1 is 1.26 bits per heavy atom. The molecule has 2 heterocycles. The first-order valence-electron chi connectivity index (χ1n) is 10.7. The third-order valence-electron chi connectivity index (χ3n) is 6.06. The molecule has 0 unspecified atom stereocenters. The van der Waals surface area contributed by atoms with Gasteiger partial charge in [-0.25, -0.2) is 4.79 Å². The van der Waals surface area contributed by atoms with Crippen molar-refractivity contribution in [1.82, 2.24) is 10.2 Å². The number of hydrogen-bond donors (Lipinski definition) is 2. The molecular formula is C24H28ClN3O3. The Kier molecular flexibility index (Phi) is 6.21. The van der Waals surface area contributed by atoms with Crippen molar-refractivity contribution < 1.29 is 14.6 Å². The number of phenolic OH excluding ortho intramolecular Hbond substituents is 1. The zero-order chi connectivity index (χ0) is 22.0. The zero-order valence-electron chi connectivity index (χ0n) is 17.9. The van der Waals surface area contributed by atoms with Crippen molar-refractivity contribution >= 4 is 23.4 Å². The van der Waals surface area contributed by atoms with E-state index in [1.54, 1.807) is 23.1 Å². The first-order chi connectivity index (χ1) is 14.9. The van der Waals surface area contributed by atoms with Gasteiger partial charge in [0.15, 0.2) is 0 Å². The van der Waals surface area contributed by atoms with Gasteiger partial charge in [-0.3, -0.25) is 10.3 Å². The summed E-state index contributed by atoms with van der Waals surface area (Å²) in [5, 5.41) is 14.8. The Bertz CT molecular complexity index is 982. The van der Waals surface area contributed by atoms with Crippen LogP contribution < -0.4 is 5.32 Å². The van der Waals surface area contributed by atoms with Gasteiger partial charge in [0.1, 0.15) is 11.4 Å². The first-order valence-corrected chi connectivity index (χ1v) is 11.1. The smallest absolute Gasteiger partial charge is 0.409 e. The maximum Gasteiger partial charge on any atom is 0.409 e. The Morgan fingerprint density at radius 3 is 2.65 bits per heavy atom. The van der Waals surface area contributed by atoms with Crippen LogP contribution in [0.5, 0.6) is 5.75 Å². The lowest BCUT2D eigenvalue weighted by atomic mass is 9.87. The summed E-state index contributed by atoms with van der Waals surface area (Å²) in [6.07, 6.45) is 1.69. The van der Waals surface area contributed by atoms with E-state index >= 15 is 0 Å². The molecule has 6 nitrogen and oxygen atoms in total. The van der Waals surface area contributed by atoms with Gasteiger partial charge in [-0.1, -0.05) is 41.4 Å². The second-order valence-corrected chi connectivity index (χ2v) is 8.69. The lowest BCUT2D eigenvalue weighted by Gasteiger charge is -2.45. The highest BCUT2D eigenvalue weighted by molar-refractivity contribution is 6.31. The zero-order valence-corrected chi connectivity index (χ0v) is 18.7. The Balaban J connectivity index is 1.67. The molecule has 7 heteroatoms. The minimum absolute atomic E-state index is 0.0422. The van der Waals surface area contributed by atoms with Crippen LogP contribution in [0, 0.1) is 6.92 Å². The molecule has 2 aliphatic rings. The Morgan fingerprint density at radius 2 is 1.97 bits per heavy atom. The van der Waals surface area contributed by atoms with Gasteiger partial charge in [-0.2, -0.15) is 0 Å². The molecule has 2 aromatic rings. The fraction of sp³-hybridized carbons (Fsp3) is 0.417. The van der Waals surface area contributed by atoms with E-state index in [2.05, 4.69) is 36.5 Å². The average molecular weight is 442 g/mol. The number of piperidine rings is 1. The summed E-state index contributed by atoms with van der Waals surface area (Å²) in [5.74, 6) is 0.173. The van der Waals surface area contributed by atoms with E-state index in [0.717, 1.165) is 5.71 Å². The summed E-state index contributed by atoms with van der Waals surface area (Å²) in [7, 11) is 0. The molecule has 164 valence electrons. The molecule has 2 aromatic carbocycles. The summed E-state index contributed by atoms with van der Waals surface area (Å²) in [5.41, 5.74) is 3.36. The predicted octanol–water partition coefficient (Wildman–Crippen LogP) is 4.83. The number of rotatable bonds is 3. The van der Waals surface area contributed by atoms with Crippen LogP contribution in [0.2, 0.25) is 5.02 Å². The third-order valence-corrected chi connectivity index (χ3v) is 6.29. The largest absolute Gasteiger partial charge is 0.507 e. The van der Waals surface area contributed by atoms with Crippen molar-refractivity contribution in [3.05, 3.63) is 64.2 Å². The molecule has 0 bridgehead atoms. The van der Waals surface area contributed by atoms with Crippen LogP contribution in [0.4, 0.5) is 4.79 Å². The molecule has 4 rings (SSSR count). The standard InChI is InChI=1S/C24H28ClN3O3/c1-3-31-23(30)28-12-10-24(11-13-28)26-20(17-6-4-16(2)5-7-17)15-21(27-24)19-14-18(25)8-9-22(19)29/h4-9,14,20,26,29H,3,10-13,15H2,1-2H3/t20-/m0/s1. The van der Waals surface area contributed by atoms with E-state index in [-0.39, 0.29) is 17.9 Å². The molecule has 0 saturated carbocycles. The number of nitrogens with zero attached hydrogens (tertiary/aromatic N) is 2. The van der Waals surface area contributed by atoms with Crippen LogP contribution in [0.15, 0.2) is 47.5 Å². The van der Waals surface area contributed by atoms with Crippen molar-refractivity contribution in [3.63, 3.8) is 0 Å². The van der Waals surface area contributed by atoms with Crippen molar-refractivity contribution in [2.24, 2.45) is 4.99 Å². The van der Waals surface area contributed by atoms with Crippen molar-refractivity contribution in [1.29, 1.82) is 0 Å². The number of carbonyl (C=O) groups is 1. The van der Waals surface area contributed by atoms with Gasteiger partial charge < -0.3 is 14.7 Å². The normalized spacial score (nSPS) is 20.4. The summed E-state index contributed by atoms with van der Waals surface area (Å²) < 4.78 is 5.16. The summed E-state index contributed by atoms with van der Waals surface area (Å²) in [6, 6.07) is 13.6. The highest BCUT2D eigenvalue weighted by Gasteiger charge is 2.41. The van der Waals surface area contributed by atoms with Gasteiger partial charge in [-0.05, 0) is 37.6 Å². The summed E-state index contributed by atoms with van der Waals surface area (Å²) in [4.78, 5) is 19.0. The van der Waals surface area contributed by atoms with Crippen LogP contribution in [-0.2, 0) is 4.74 Å². The fourth-order valence-electron chi connectivity index (χ4n) is 4.34. The van der Waals surface area contributed by atoms with Crippen molar-refractivity contribution in [2.75, 3.05) is 19.7 Å². The maximum atomic E-state index is 12.2. The molecule has 1 spiro atoms. The third kappa shape index (κ3) is 4.70. The molecule has 2 N–H and O–H groups in total. The quantitative estimate of drug-likeness (QED) is 0.715. The van der Waals surface area contributed by atoms with E-state index in [4.69, 9.17) is 21.3 Å². The van der Waals surface area contributed by atoms with Crippen LogP contribution in [0.1, 0.15) is 48.9 Å². The van der Waals surface area contributed by atoms with Crippen molar-refractivity contribution in [3.8, 4) is 5.75 Å². The molecule has 0 aromatic heterocycles. The van der Waals surface area contributed by atoms with E-state index in [0.29, 0.717) is 49.5 Å². The molecule has 2 aliphatic heterocycles. The van der Waals surface area contributed by atoms with Crippen LogP contribution in [0.25, 0.3) is 0 Å². The average Bonchev–Trinajstić information content (AvgIpc) is 2.76. The van der Waals surface area contributed by atoms with E-state index in [9.17, 15) is 9.90 Å².